The standard InChI is InChI=1S/C20H26N6O2/c1-15(27)24-11-6-17-16(14-24)13-21-20(23-17)18-5-2-3-10-26(18)19(28)7-12-25-9-4-8-22-25/h4,8-9,13,18H,2-3,5-7,10-12,14H2,1H3. The molecule has 0 spiro atoms. The Labute approximate surface area is 164 Å². The maximum Gasteiger partial charge on any atom is 0.225 e. The third-order valence-electron chi connectivity index (χ3n) is 5.63. The molecular weight excluding hydrogens is 356 g/mol. The summed E-state index contributed by atoms with van der Waals surface area (Å²) in [5.41, 5.74) is 2.02. The molecule has 2 aromatic rings. The second-order valence-electron chi connectivity index (χ2n) is 7.51. The Morgan fingerprint density at radius 2 is 2.14 bits per heavy atom. The van der Waals surface area contributed by atoms with E-state index in [0.717, 1.165) is 49.3 Å². The van der Waals surface area contributed by atoms with Crippen LogP contribution in [0.25, 0.3) is 0 Å². The molecule has 2 aliphatic rings. The van der Waals surface area contributed by atoms with Gasteiger partial charge in [0, 0.05) is 70.1 Å². The Bertz CT molecular complexity index is 850. The minimum atomic E-state index is -0.0602. The molecule has 2 aromatic heterocycles. The van der Waals surface area contributed by atoms with Crippen LogP contribution >= 0.6 is 0 Å². The summed E-state index contributed by atoms with van der Waals surface area (Å²) < 4.78 is 1.78. The van der Waals surface area contributed by atoms with Gasteiger partial charge in [-0.2, -0.15) is 5.10 Å². The minimum absolute atomic E-state index is 0.0602. The average Bonchev–Trinajstić information content (AvgIpc) is 3.25. The van der Waals surface area contributed by atoms with Crippen molar-refractivity contribution in [1.29, 1.82) is 0 Å². The minimum Gasteiger partial charge on any atom is -0.338 e. The van der Waals surface area contributed by atoms with E-state index < -0.39 is 0 Å². The second kappa shape index (κ2) is 8.08. The van der Waals surface area contributed by atoms with Crippen molar-refractivity contribution >= 4 is 11.8 Å². The van der Waals surface area contributed by atoms with Crippen molar-refractivity contribution in [2.45, 2.75) is 58.2 Å². The number of likely N-dealkylation sites (tertiary alicyclic amines) is 1. The smallest absolute Gasteiger partial charge is 0.225 e. The first kappa shape index (κ1) is 18.6. The van der Waals surface area contributed by atoms with Crippen molar-refractivity contribution < 1.29 is 9.59 Å². The highest BCUT2D eigenvalue weighted by molar-refractivity contribution is 5.76. The van der Waals surface area contributed by atoms with E-state index in [-0.39, 0.29) is 17.9 Å². The molecular formula is C20H26N6O2. The Kier molecular flexibility index (Phi) is 5.36. The Hall–Kier alpha value is -2.77. The third-order valence-corrected chi connectivity index (χ3v) is 5.63. The van der Waals surface area contributed by atoms with E-state index in [4.69, 9.17) is 4.98 Å². The Morgan fingerprint density at radius 3 is 2.93 bits per heavy atom. The number of aromatic nitrogens is 4. The molecule has 0 aliphatic carbocycles. The number of amides is 2. The maximum atomic E-state index is 12.9. The summed E-state index contributed by atoms with van der Waals surface area (Å²) in [7, 11) is 0. The van der Waals surface area contributed by atoms with Crippen LogP contribution in [0.3, 0.4) is 0 Å². The van der Waals surface area contributed by atoms with Gasteiger partial charge in [-0.3, -0.25) is 14.3 Å². The molecule has 8 heteroatoms. The first-order chi connectivity index (χ1) is 13.6. The quantitative estimate of drug-likeness (QED) is 0.804. The second-order valence-corrected chi connectivity index (χ2v) is 7.51. The van der Waals surface area contributed by atoms with Crippen molar-refractivity contribution in [2.24, 2.45) is 0 Å². The molecule has 1 fully saturated rings. The first-order valence-corrected chi connectivity index (χ1v) is 9.99. The highest BCUT2D eigenvalue weighted by Gasteiger charge is 2.31. The van der Waals surface area contributed by atoms with Crippen LogP contribution in [0.1, 0.15) is 55.7 Å². The van der Waals surface area contributed by atoms with E-state index in [9.17, 15) is 9.59 Å². The number of aryl methyl sites for hydroxylation is 1. The van der Waals surface area contributed by atoms with Gasteiger partial charge in [0.2, 0.25) is 11.8 Å². The predicted molar refractivity (Wildman–Crippen MR) is 102 cm³/mol. The summed E-state index contributed by atoms with van der Waals surface area (Å²) in [6.07, 6.45) is 9.59. The zero-order chi connectivity index (χ0) is 19.5. The van der Waals surface area contributed by atoms with Gasteiger partial charge < -0.3 is 9.80 Å². The molecule has 8 nitrogen and oxygen atoms in total. The van der Waals surface area contributed by atoms with Crippen molar-refractivity contribution in [3.63, 3.8) is 0 Å². The largest absolute Gasteiger partial charge is 0.338 e. The summed E-state index contributed by atoms with van der Waals surface area (Å²) in [6.45, 7) is 4.19. The number of hydrogen-bond acceptors (Lipinski definition) is 5. The van der Waals surface area contributed by atoms with Gasteiger partial charge in [-0.25, -0.2) is 9.97 Å². The van der Waals surface area contributed by atoms with Gasteiger partial charge >= 0.3 is 0 Å². The number of piperidine rings is 1. The van der Waals surface area contributed by atoms with Crippen molar-refractivity contribution in [3.8, 4) is 0 Å². The SMILES string of the molecule is CC(=O)N1CCc2nc(C3CCCCN3C(=O)CCn3cccn3)ncc2C1. The zero-order valence-corrected chi connectivity index (χ0v) is 16.3. The molecule has 0 radical (unpaired) electrons. The van der Waals surface area contributed by atoms with E-state index in [0.29, 0.717) is 26.1 Å². The van der Waals surface area contributed by atoms with Crippen LogP contribution in [-0.4, -0.2) is 54.5 Å². The Morgan fingerprint density at radius 1 is 1.25 bits per heavy atom. The van der Waals surface area contributed by atoms with Gasteiger partial charge in [-0.1, -0.05) is 0 Å². The van der Waals surface area contributed by atoms with Crippen LogP contribution in [0, 0.1) is 0 Å². The summed E-state index contributed by atoms with van der Waals surface area (Å²) in [5.74, 6) is 0.947. The lowest BCUT2D eigenvalue weighted by molar-refractivity contribution is -0.135. The van der Waals surface area contributed by atoms with Gasteiger partial charge in [0.1, 0.15) is 0 Å². The van der Waals surface area contributed by atoms with Gasteiger partial charge in [0.25, 0.3) is 0 Å². The normalized spacial score (nSPS) is 19.4. The lowest BCUT2D eigenvalue weighted by Crippen LogP contribution is -2.40. The number of carbonyl (C=O) groups is 2. The van der Waals surface area contributed by atoms with E-state index in [1.54, 1.807) is 17.8 Å². The van der Waals surface area contributed by atoms with E-state index in [1.165, 1.54) is 0 Å². The van der Waals surface area contributed by atoms with Crippen molar-refractivity contribution in [3.05, 3.63) is 41.7 Å². The van der Waals surface area contributed by atoms with Crippen LogP contribution in [0.15, 0.2) is 24.7 Å². The molecule has 1 saturated heterocycles. The first-order valence-electron chi connectivity index (χ1n) is 9.99. The van der Waals surface area contributed by atoms with E-state index >= 15 is 0 Å². The molecule has 2 aliphatic heterocycles. The molecule has 28 heavy (non-hydrogen) atoms. The van der Waals surface area contributed by atoms with E-state index in [1.807, 2.05) is 28.3 Å². The third kappa shape index (κ3) is 3.90. The van der Waals surface area contributed by atoms with Gasteiger partial charge in [-0.05, 0) is 25.3 Å². The van der Waals surface area contributed by atoms with Crippen LogP contribution < -0.4 is 0 Å². The van der Waals surface area contributed by atoms with Crippen LogP contribution in [-0.2, 0) is 29.1 Å². The lowest BCUT2D eigenvalue weighted by atomic mass is 10.00. The highest BCUT2D eigenvalue weighted by atomic mass is 16.2. The number of fused-ring (bicyclic) bond motifs is 1. The topological polar surface area (TPSA) is 84.2 Å². The number of hydrogen-bond donors (Lipinski definition) is 0. The van der Waals surface area contributed by atoms with Crippen molar-refractivity contribution in [2.75, 3.05) is 13.1 Å². The van der Waals surface area contributed by atoms with Gasteiger partial charge in [-0.15, -0.1) is 0 Å². The highest BCUT2D eigenvalue weighted by Crippen LogP contribution is 2.30. The summed E-state index contributed by atoms with van der Waals surface area (Å²) in [5, 5.41) is 4.17. The van der Waals surface area contributed by atoms with Gasteiger partial charge in [0.15, 0.2) is 5.82 Å². The van der Waals surface area contributed by atoms with Crippen LogP contribution in [0.2, 0.25) is 0 Å². The maximum absolute atomic E-state index is 12.9. The molecule has 0 saturated carbocycles. The summed E-state index contributed by atoms with van der Waals surface area (Å²) in [6, 6.07) is 1.80. The van der Waals surface area contributed by atoms with E-state index in [2.05, 4.69) is 10.1 Å². The fourth-order valence-electron chi connectivity index (χ4n) is 4.05. The average molecular weight is 382 g/mol. The molecule has 0 bridgehead atoms. The lowest BCUT2D eigenvalue weighted by Gasteiger charge is -2.35. The fourth-order valence-corrected chi connectivity index (χ4v) is 4.05. The Balaban J connectivity index is 1.48. The molecule has 0 aromatic carbocycles. The molecule has 148 valence electrons. The molecule has 4 heterocycles. The molecule has 1 atom stereocenters. The van der Waals surface area contributed by atoms with Gasteiger partial charge in [0.05, 0.1) is 11.7 Å². The monoisotopic (exact) mass is 382 g/mol. The summed E-state index contributed by atoms with van der Waals surface area (Å²) >= 11 is 0. The number of carbonyl (C=O) groups excluding carboxylic acids is 2. The molecule has 1 unspecified atom stereocenters. The molecule has 0 N–H and O–H groups in total. The van der Waals surface area contributed by atoms with Crippen LogP contribution in [0.4, 0.5) is 0 Å². The number of rotatable bonds is 4. The predicted octanol–water partition coefficient (Wildman–Crippen LogP) is 1.72. The summed E-state index contributed by atoms with van der Waals surface area (Å²) in [4.78, 5) is 37.7. The zero-order valence-electron chi connectivity index (χ0n) is 16.3. The molecule has 4 rings (SSSR count). The van der Waals surface area contributed by atoms with Crippen LogP contribution in [0.5, 0.6) is 0 Å². The fraction of sp³-hybridized carbons (Fsp3) is 0.550. The number of nitrogens with zero attached hydrogens (tertiary/aromatic N) is 6. The molecule has 2 amide bonds. The van der Waals surface area contributed by atoms with Crippen molar-refractivity contribution in [1.82, 2.24) is 29.5 Å².